The van der Waals surface area contributed by atoms with Crippen molar-refractivity contribution in [3.8, 4) is 0 Å². The first-order valence-corrected chi connectivity index (χ1v) is 7.28. The highest BCUT2D eigenvalue weighted by atomic mass is 16.2. The van der Waals surface area contributed by atoms with Crippen molar-refractivity contribution in [2.75, 3.05) is 13.1 Å². The molecule has 5 nitrogen and oxygen atoms in total. The van der Waals surface area contributed by atoms with E-state index in [1.54, 1.807) is 10.6 Å². The van der Waals surface area contributed by atoms with Gasteiger partial charge < -0.3 is 15.2 Å². The van der Waals surface area contributed by atoms with Gasteiger partial charge >= 0.3 is 0 Å². The fraction of sp³-hybridized carbons (Fsp3) is 0.600. The molecule has 2 N–H and O–H groups in total. The van der Waals surface area contributed by atoms with Crippen molar-refractivity contribution in [2.24, 2.45) is 5.73 Å². The van der Waals surface area contributed by atoms with E-state index in [0.29, 0.717) is 19.5 Å². The maximum atomic E-state index is 12.2. The van der Waals surface area contributed by atoms with Gasteiger partial charge in [0.25, 0.3) is 5.56 Å². The van der Waals surface area contributed by atoms with Gasteiger partial charge in [-0.25, -0.2) is 0 Å². The molecule has 1 aromatic rings. The number of rotatable bonds is 3. The molecule has 2 heterocycles. The van der Waals surface area contributed by atoms with Crippen LogP contribution >= 0.6 is 0 Å². The second kappa shape index (κ2) is 6.70. The zero-order chi connectivity index (χ0) is 14.5. The number of carbonyl (C=O) groups is 1. The van der Waals surface area contributed by atoms with E-state index >= 15 is 0 Å². The van der Waals surface area contributed by atoms with Crippen molar-refractivity contribution in [3.05, 3.63) is 34.2 Å². The Hall–Kier alpha value is -1.62. The minimum absolute atomic E-state index is 0.0506. The molecule has 1 atom stereocenters. The summed E-state index contributed by atoms with van der Waals surface area (Å²) in [7, 11) is 0. The third kappa shape index (κ3) is 3.70. The molecule has 20 heavy (non-hydrogen) atoms. The molecule has 2 rings (SSSR count). The molecule has 1 amide bonds. The van der Waals surface area contributed by atoms with Gasteiger partial charge in [0.1, 0.15) is 0 Å². The summed E-state index contributed by atoms with van der Waals surface area (Å²) < 4.78 is 1.65. The Morgan fingerprint density at radius 1 is 1.40 bits per heavy atom. The molecule has 1 aliphatic heterocycles. The lowest BCUT2D eigenvalue weighted by molar-refractivity contribution is -0.131. The Morgan fingerprint density at radius 3 is 2.95 bits per heavy atom. The fourth-order valence-corrected chi connectivity index (χ4v) is 2.68. The Balaban J connectivity index is 1.96. The number of hydrogen-bond acceptors (Lipinski definition) is 3. The van der Waals surface area contributed by atoms with Crippen molar-refractivity contribution < 1.29 is 4.79 Å². The number of carbonyl (C=O) groups excluding carboxylic acids is 1. The highest BCUT2D eigenvalue weighted by Gasteiger charge is 2.19. The van der Waals surface area contributed by atoms with E-state index in [-0.39, 0.29) is 17.5 Å². The van der Waals surface area contributed by atoms with E-state index in [2.05, 4.69) is 0 Å². The number of nitrogens with two attached hydrogens (primary N) is 1. The quantitative estimate of drug-likeness (QED) is 0.892. The molecule has 0 aromatic carbocycles. The predicted molar refractivity (Wildman–Crippen MR) is 78.5 cm³/mol. The molecule has 5 heteroatoms. The lowest BCUT2D eigenvalue weighted by Gasteiger charge is -2.23. The number of likely N-dealkylation sites (tertiary alicyclic amines) is 1. The molecule has 0 radical (unpaired) electrons. The summed E-state index contributed by atoms with van der Waals surface area (Å²) in [6.07, 6.45) is 3.45. The summed E-state index contributed by atoms with van der Waals surface area (Å²) in [5.74, 6) is 0.0949. The van der Waals surface area contributed by atoms with Crippen LogP contribution in [0, 0.1) is 6.92 Å². The Morgan fingerprint density at radius 2 is 2.20 bits per heavy atom. The van der Waals surface area contributed by atoms with E-state index in [0.717, 1.165) is 31.5 Å². The molecular formula is C15H23N3O2. The van der Waals surface area contributed by atoms with Crippen LogP contribution in [-0.2, 0) is 11.3 Å². The van der Waals surface area contributed by atoms with Crippen LogP contribution < -0.4 is 11.3 Å². The highest BCUT2D eigenvalue weighted by molar-refractivity contribution is 5.76. The van der Waals surface area contributed by atoms with E-state index in [4.69, 9.17) is 5.73 Å². The van der Waals surface area contributed by atoms with Gasteiger partial charge in [0.05, 0.1) is 0 Å². The van der Waals surface area contributed by atoms with Crippen LogP contribution in [0.3, 0.4) is 0 Å². The largest absolute Gasteiger partial charge is 0.341 e. The summed E-state index contributed by atoms with van der Waals surface area (Å²) in [5.41, 5.74) is 6.81. The summed E-state index contributed by atoms with van der Waals surface area (Å²) in [6.45, 7) is 3.75. The van der Waals surface area contributed by atoms with Crippen LogP contribution in [-0.4, -0.2) is 34.5 Å². The molecule has 1 fully saturated rings. The molecule has 110 valence electrons. The van der Waals surface area contributed by atoms with Crippen LogP contribution in [0.1, 0.15) is 31.4 Å². The van der Waals surface area contributed by atoms with Gasteiger partial charge in [-0.05, 0) is 25.8 Å². The van der Waals surface area contributed by atoms with Crippen molar-refractivity contribution in [1.82, 2.24) is 9.47 Å². The van der Waals surface area contributed by atoms with Gasteiger partial charge in [-0.1, -0.05) is 12.5 Å². The molecular weight excluding hydrogens is 254 g/mol. The van der Waals surface area contributed by atoms with Gasteiger partial charge in [-0.15, -0.1) is 0 Å². The second-order valence-electron chi connectivity index (χ2n) is 5.50. The molecule has 0 aliphatic carbocycles. The minimum atomic E-state index is -0.0506. The van der Waals surface area contributed by atoms with Crippen LogP contribution in [0.4, 0.5) is 0 Å². The zero-order valence-corrected chi connectivity index (χ0v) is 12.0. The topological polar surface area (TPSA) is 68.3 Å². The van der Waals surface area contributed by atoms with Crippen molar-refractivity contribution in [2.45, 2.75) is 45.2 Å². The molecule has 1 aromatic heterocycles. The van der Waals surface area contributed by atoms with Crippen LogP contribution in [0.5, 0.6) is 0 Å². The Bertz CT molecular complexity index is 524. The second-order valence-corrected chi connectivity index (χ2v) is 5.50. The normalized spacial score (nSPS) is 19.7. The fourth-order valence-electron chi connectivity index (χ4n) is 2.68. The van der Waals surface area contributed by atoms with Crippen LogP contribution in [0.25, 0.3) is 0 Å². The molecule has 0 saturated carbocycles. The summed E-state index contributed by atoms with van der Waals surface area (Å²) in [4.78, 5) is 25.8. The Kier molecular flexibility index (Phi) is 4.95. The first kappa shape index (κ1) is 14.8. The summed E-state index contributed by atoms with van der Waals surface area (Å²) >= 11 is 0. The standard InChI is InChI=1S/C15H23N3O2/c1-12-5-4-7-15(20)18(12)10-8-14(19)17-9-3-2-6-13(16)11-17/h4-5,7,13H,2-3,6,8-11,16H2,1H3. The number of aromatic nitrogens is 1. The van der Waals surface area contributed by atoms with Gasteiger partial charge in [0, 0.05) is 43.9 Å². The average Bonchev–Trinajstić information content (AvgIpc) is 2.62. The number of nitrogens with zero attached hydrogens (tertiary/aromatic N) is 2. The number of amides is 1. The number of pyridine rings is 1. The predicted octanol–water partition coefficient (Wildman–Crippen LogP) is 0.887. The number of aryl methyl sites for hydroxylation is 1. The van der Waals surface area contributed by atoms with E-state index in [1.165, 1.54) is 6.07 Å². The van der Waals surface area contributed by atoms with Crippen LogP contribution in [0.2, 0.25) is 0 Å². The summed E-state index contributed by atoms with van der Waals surface area (Å²) in [6, 6.07) is 5.24. The Labute approximate surface area is 119 Å². The minimum Gasteiger partial charge on any atom is -0.341 e. The molecule has 0 bridgehead atoms. The van der Waals surface area contributed by atoms with Gasteiger partial charge in [0.2, 0.25) is 5.91 Å². The van der Waals surface area contributed by atoms with Crippen LogP contribution in [0.15, 0.2) is 23.0 Å². The first-order valence-electron chi connectivity index (χ1n) is 7.28. The van der Waals surface area contributed by atoms with E-state index < -0.39 is 0 Å². The molecule has 1 saturated heterocycles. The van der Waals surface area contributed by atoms with Crippen molar-refractivity contribution in [3.63, 3.8) is 0 Å². The van der Waals surface area contributed by atoms with E-state index in [9.17, 15) is 9.59 Å². The van der Waals surface area contributed by atoms with E-state index in [1.807, 2.05) is 17.9 Å². The summed E-state index contributed by atoms with van der Waals surface area (Å²) in [5, 5.41) is 0. The molecule has 0 spiro atoms. The van der Waals surface area contributed by atoms with Crippen molar-refractivity contribution in [1.29, 1.82) is 0 Å². The molecule has 1 unspecified atom stereocenters. The van der Waals surface area contributed by atoms with Gasteiger partial charge in [0.15, 0.2) is 0 Å². The first-order chi connectivity index (χ1) is 9.58. The average molecular weight is 277 g/mol. The third-order valence-corrected chi connectivity index (χ3v) is 3.88. The SMILES string of the molecule is Cc1cccc(=O)n1CCC(=O)N1CCCCC(N)C1. The highest BCUT2D eigenvalue weighted by Crippen LogP contribution is 2.10. The van der Waals surface area contributed by atoms with Crippen molar-refractivity contribution >= 4 is 5.91 Å². The van der Waals surface area contributed by atoms with Gasteiger partial charge in [-0.2, -0.15) is 0 Å². The molecule has 1 aliphatic rings. The maximum absolute atomic E-state index is 12.2. The third-order valence-electron chi connectivity index (χ3n) is 3.88. The lowest BCUT2D eigenvalue weighted by Crippen LogP contribution is -2.40. The maximum Gasteiger partial charge on any atom is 0.250 e. The zero-order valence-electron chi connectivity index (χ0n) is 12.0. The smallest absolute Gasteiger partial charge is 0.250 e. The monoisotopic (exact) mass is 277 g/mol. The lowest BCUT2D eigenvalue weighted by atomic mass is 10.2. The number of hydrogen-bond donors (Lipinski definition) is 1. The van der Waals surface area contributed by atoms with Gasteiger partial charge in [-0.3, -0.25) is 9.59 Å².